The van der Waals surface area contributed by atoms with Crippen molar-refractivity contribution in [1.82, 2.24) is 4.98 Å². The molecule has 0 saturated carbocycles. The van der Waals surface area contributed by atoms with Gasteiger partial charge in [0.05, 0.1) is 38.0 Å². The van der Waals surface area contributed by atoms with Gasteiger partial charge in [0.2, 0.25) is 0 Å². The van der Waals surface area contributed by atoms with E-state index < -0.39 is 0 Å². The summed E-state index contributed by atoms with van der Waals surface area (Å²) in [5, 5.41) is 3.49. The molecule has 3 rings (SSSR count). The Labute approximate surface area is 205 Å². The van der Waals surface area contributed by atoms with E-state index in [4.69, 9.17) is 19.2 Å². The van der Waals surface area contributed by atoms with Gasteiger partial charge in [-0.2, -0.15) is 0 Å². The van der Waals surface area contributed by atoms with Crippen LogP contribution in [0.15, 0.2) is 83.9 Å². The number of amides is 1. The molecule has 1 aromatic carbocycles. The Bertz CT molecular complexity index is 1140. The number of benzene rings is 1. The largest absolute Gasteiger partial charge is 0.501 e. The monoisotopic (exact) mass is 478 g/mol. The van der Waals surface area contributed by atoms with Crippen LogP contribution in [0.4, 0.5) is 5.13 Å². The molecule has 1 amide bonds. The first-order chi connectivity index (χ1) is 16.5. The van der Waals surface area contributed by atoms with Crippen LogP contribution in [-0.4, -0.2) is 38.8 Å². The van der Waals surface area contributed by atoms with Crippen LogP contribution in [0, 0.1) is 0 Å². The summed E-state index contributed by atoms with van der Waals surface area (Å²) in [5.74, 6) is 1.31. The van der Waals surface area contributed by atoms with Crippen LogP contribution in [0.3, 0.4) is 0 Å². The Hall–Kier alpha value is -3.42. The Kier molecular flexibility index (Phi) is 9.43. The fourth-order valence-electron chi connectivity index (χ4n) is 3.26. The fraction of sp³-hybridized carbons (Fsp3) is 0.259. The number of hydrogen-bond acceptors (Lipinski definition) is 6. The summed E-state index contributed by atoms with van der Waals surface area (Å²) < 4.78 is 15.8. The van der Waals surface area contributed by atoms with Crippen molar-refractivity contribution < 1.29 is 19.0 Å². The quantitative estimate of drug-likeness (QED) is 0.271. The highest BCUT2D eigenvalue weighted by atomic mass is 32.1. The SMILES string of the molecule is COC/C(=C\C=C(/C)OC)C(=O)Nc1nc(C2=CC=C(OC)CC=C2)c(Cc2ccccc2)s1. The van der Waals surface area contributed by atoms with Crippen molar-refractivity contribution >= 4 is 27.9 Å². The molecule has 1 heterocycles. The fourth-order valence-corrected chi connectivity index (χ4v) is 4.27. The minimum atomic E-state index is -0.263. The van der Waals surface area contributed by atoms with E-state index in [1.165, 1.54) is 16.9 Å². The molecule has 1 aliphatic rings. The van der Waals surface area contributed by atoms with E-state index in [0.29, 0.717) is 22.9 Å². The number of carbonyl (C=O) groups excluding carboxylic acids is 1. The zero-order valence-corrected chi connectivity index (χ0v) is 20.8. The standard InChI is InChI=1S/C27H30N2O4S/c1-19(32-3)13-14-22(18-31-2)26(30)29-27-28-25(21-11-8-12-23(33-4)16-15-21)24(34-27)17-20-9-6-5-7-10-20/h5-11,13-16H,12,17-18H2,1-4H3,(H,28,29,30)/b19-13+,22-14+. The molecule has 178 valence electrons. The molecular weight excluding hydrogens is 448 g/mol. The van der Waals surface area contributed by atoms with Crippen LogP contribution < -0.4 is 5.32 Å². The minimum Gasteiger partial charge on any atom is -0.501 e. The summed E-state index contributed by atoms with van der Waals surface area (Å²) in [7, 11) is 4.81. The molecule has 0 atom stereocenters. The predicted molar refractivity (Wildman–Crippen MR) is 138 cm³/mol. The molecule has 1 aliphatic carbocycles. The van der Waals surface area contributed by atoms with Gasteiger partial charge < -0.3 is 14.2 Å². The number of ether oxygens (including phenoxy) is 3. The average Bonchev–Trinajstić information content (AvgIpc) is 3.08. The molecule has 0 saturated heterocycles. The van der Waals surface area contributed by atoms with Gasteiger partial charge >= 0.3 is 0 Å². The number of nitrogens with zero attached hydrogens (tertiary/aromatic N) is 1. The molecule has 0 spiro atoms. The molecule has 7 heteroatoms. The first kappa shape index (κ1) is 25.2. The number of carbonyl (C=O) groups is 1. The summed E-state index contributed by atoms with van der Waals surface area (Å²) in [5.41, 5.74) is 3.47. The summed E-state index contributed by atoms with van der Waals surface area (Å²) >= 11 is 1.48. The maximum Gasteiger partial charge on any atom is 0.255 e. The lowest BCUT2D eigenvalue weighted by molar-refractivity contribution is -0.113. The summed E-state index contributed by atoms with van der Waals surface area (Å²) in [6, 6.07) is 10.2. The first-order valence-electron chi connectivity index (χ1n) is 10.9. The Balaban J connectivity index is 1.94. The Morgan fingerprint density at radius 3 is 2.65 bits per heavy atom. The Morgan fingerprint density at radius 1 is 1.15 bits per heavy atom. The third-order valence-electron chi connectivity index (χ3n) is 5.16. The van der Waals surface area contributed by atoms with Crippen molar-refractivity contribution in [2.45, 2.75) is 19.8 Å². The van der Waals surface area contributed by atoms with Crippen molar-refractivity contribution in [2.75, 3.05) is 33.3 Å². The second-order valence-corrected chi connectivity index (χ2v) is 8.66. The molecule has 0 aliphatic heterocycles. The van der Waals surface area contributed by atoms with Gasteiger partial charge in [-0.05, 0) is 36.8 Å². The lowest BCUT2D eigenvalue weighted by atomic mass is 10.1. The zero-order valence-electron chi connectivity index (χ0n) is 20.0. The van der Waals surface area contributed by atoms with Gasteiger partial charge in [-0.3, -0.25) is 10.1 Å². The summed E-state index contributed by atoms with van der Waals surface area (Å²) in [4.78, 5) is 18.9. The van der Waals surface area contributed by atoms with Crippen LogP contribution in [0.2, 0.25) is 0 Å². The molecular formula is C27H30N2O4S. The number of allylic oxidation sites excluding steroid dienone is 8. The summed E-state index contributed by atoms with van der Waals surface area (Å²) in [6.07, 6.45) is 12.9. The highest BCUT2D eigenvalue weighted by Gasteiger charge is 2.18. The number of methoxy groups -OCH3 is 3. The molecule has 0 unspecified atom stereocenters. The van der Waals surface area contributed by atoms with Gasteiger partial charge in [-0.25, -0.2) is 4.98 Å². The van der Waals surface area contributed by atoms with Gasteiger partial charge in [0.1, 0.15) is 0 Å². The van der Waals surface area contributed by atoms with Gasteiger partial charge in [0.15, 0.2) is 5.13 Å². The maximum atomic E-state index is 13.0. The van der Waals surface area contributed by atoms with Crippen LogP contribution in [-0.2, 0) is 25.4 Å². The normalized spacial score (nSPS) is 14.2. The van der Waals surface area contributed by atoms with Crippen molar-refractivity contribution in [3.63, 3.8) is 0 Å². The van der Waals surface area contributed by atoms with E-state index in [9.17, 15) is 4.79 Å². The number of hydrogen-bond donors (Lipinski definition) is 1. The number of anilines is 1. The number of thiazole rings is 1. The first-order valence-corrected chi connectivity index (χ1v) is 11.7. The van der Waals surface area contributed by atoms with Gasteiger partial charge in [0.25, 0.3) is 5.91 Å². The molecule has 0 radical (unpaired) electrons. The molecule has 1 aromatic heterocycles. The molecule has 6 nitrogen and oxygen atoms in total. The molecule has 34 heavy (non-hydrogen) atoms. The molecule has 0 fully saturated rings. The lowest BCUT2D eigenvalue weighted by Crippen LogP contribution is -2.17. The number of aromatic nitrogens is 1. The highest BCUT2D eigenvalue weighted by molar-refractivity contribution is 7.16. The van der Waals surface area contributed by atoms with Crippen molar-refractivity contribution in [2.24, 2.45) is 0 Å². The van der Waals surface area contributed by atoms with Gasteiger partial charge in [-0.15, -0.1) is 11.3 Å². The van der Waals surface area contributed by atoms with Crippen molar-refractivity contribution in [3.05, 3.63) is 100 Å². The highest BCUT2D eigenvalue weighted by Crippen LogP contribution is 2.32. The van der Waals surface area contributed by atoms with Gasteiger partial charge in [0, 0.05) is 36.0 Å². The topological polar surface area (TPSA) is 69.7 Å². The molecule has 2 aromatic rings. The van der Waals surface area contributed by atoms with E-state index in [1.54, 1.807) is 33.5 Å². The van der Waals surface area contributed by atoms with E-state index in [2.05, 4.69) is 23.5 Å². The molecule has 1 N–H and O–H groups in total. The van der Waals surface area contributed by atoms with Gasteiger partial charge in [-0.1, -0.05) is 42.5 Å². The third kappa shape index (κ3) is 7.04. The lowest BCUT2D eigenvalue weighted by Gasteiger charge is -2.05. The molecule has 0 bridgehead atoms. The second-order valence-electron chi connectivity index (χ2n) is 7.58. The summed E-state index contributed by atoms with van der Waals surface area (Å²) in [6.45, 7) is 1.99. The van der Waals surface area contributed by atoms with Crippen LogP contribution in [0.25, 0.3) is 5.57 Å². The van der Waals surface area contributed by atoms with Crippen molar-refractivity contribution in [3.8, 4) is 0 Å². The van der Waals surface area contributed by atoms with E-state index in [0.717, 1.165) is 28.3 Å². The maximum absolute atomic E-state index is 13.0. The second kappa shape index (κ2) is 12.7. The zero-order chi connectivity index (χ0) is 24.3. The van der Waals surface area contributed by atoms with E-state index in [-0.39, 0.29) is 12.5 Å². The Morgan fingerprint density at radius 2 is 1.94 bits per heavy atom. The average molecular weight is 479 g/mol. The minimum absolute atomic E-state index is 0.174. The van der Waals surface area contributed by atoms with Crippen molar-refractivity contribution in [1.29, 1.82) is 0 Å². The van der Waals surface area contributed by atoms with Crippen LogP contribution >= 0.6 is 11.3 Å². The van der Waals surface area contributed by atoms with E-state index in [1.807, 2.05) is 43.4 Å². The van der Waals surface area contributed by atoms with Crippen LogP contribution in [0.5, 0.6) is 0 Å². The number of rotatable bonds is 10. The smallest absolute Gasteiger partial charge is 0.255 e. The number of nitrogens with one attached hydrogen (secondary N) is 1. The third-order valence-corrected chi connectivity index (χ3v) is 6.13. The predicted octanol–water partition coefficient (Wildman–Crippen LogP) is 5.67. The van der Waals surface area contributed by atoms with E-state index >= 15 is 0 Å². The van der Waals surface area contributed by atoms with Crippen LogP contribution in [0.1, 0.15) is 29.5 Å².